The van der Waals surface area contributed by atoms with Crippen molar-refractivity contribution in [3.63, 3.8) is 0 Å². The fourth-order valence-electron chi connectivity index (χ4n) is 1.91. The molecule has 0 spiro atoms. The van der Waals surface area contributed by atoms with E-state index in [1.54, 1.807) is 19.1 Å². The summed E-state index contributed by atoms with van der Waals surface area (Å²) in [5, 5.41) is 11.5. The minimum absolute atomic E-state index is 0.168. The summed E-state index contributed by atoms with van der Waals surface area (Å²) in [6.07, 6.45) is 0.360. The second-order valence-electron chi connectivity index (χ2n) is 5.57. The second kappa shape index (κ2) is 5.87. The molecule has 0 radical (unpaired) electrons. The molecule has 19 heavy (non-hydrogen) atoms. The first-order valence-electron chi connectivity index (χ1n) is 6.40. The van der Waals surface area contributed by atoms with E-state index in [1.165, 1.54) is 0 Å². The van der Waals surface area contributed by atoms with Crippen LogP contribution in [-0.2, 0) is 10.2 Å². The molecule has 1 aromatic rings. The SMILES string of the molecule is CCC(NC(=O)c1ccccc1C(C)(C)C)C(=O)O. The van der Waals surface area contributed by atoms with Crippen LogP contribution in [0.4, 0.5) is 0 Å². The first-order valence-corrected chi connectivity index (χ1v) is 6.40. The molecule has 4 nitrogen and oxygen atoms in total. The molecule has 4 heteroatoms. The first kappa shape index (κ1) is 15.2. The topological polar surface area (TPSA) is 66.4 Å². The Morgan fingerprint density at radius 3 is 2.32 bits per heavy atom. The number of hydrogen-bond donors (Lipinski definition) is 2. The number of nitrogens with one attached hydrogen (secondary N) is 1. The van der Waals surface area contributed by atoms with Crippen molar-refractivity contribution in [3.8, 4) is 0 Å². The second-order valence-corrected chi connectivity index (χ2v) is 5.57. The van der Waals surface area contributed by atoms with Crippen molar-refractivity contribution in [2.75, 3.05) is 0 Å². The Bertz CT molecular complexity index is 475. The molecule has 1 unspecified atom stereocenters. The van der Waals surface area contributed by atoms with Crippen LogP contribution < -0.4 is 5.32 Å². The molecule has 0 aliphatic heterocycles. The first-order chi connectivity index (χ1) is 8.77. The predicted octanol–water partition coefficient (Wildman–Crippen LogP) is 2.58. The predicted molar refractivity (Wildman–Crippen MR) is 74.3 cm³/mol. The Balaban J connectivity index is 3.04. The van der Waals surface area contributed by atoms with Gasteiger partial charge in [0.2, 0.25) is 0 Å². The zero-order valence-corrected chi connectivity index (χ0v) is 11.9. The van der Waals surface area contributed by atoms with Gasteiger partial charge < -0.3 is 10.4 Å². The molecule has 0 heterocycles. The normalized spacial score (nSPS) is 12.8. The lowest BCUT2D eigenvalue weighted by Crippen LogP contribution is -2.41. The highest BCUT2D eigenvalue weighted by molar-refractivity contribution is 5.98. The molecule has 0 saturated carbocycles. The number of carboxylic acids is 1. The summed E-state index contributed by atoms with van der Waals surface area (Å²) >= 11 is 0. The number of hydrogen-bond acceptors (Lipinski definition) is 2. The van der Waals surface area contributed by atoms with Crippen LogP contribution in [0.3, 0.4) is 0 Å². The van der Waals surface area contributed by atoms with Crippen LogP contribution in [0.15, 0.2) is 24.3 Å². The summed E-state index contributed by atoms with van der Waals surface area (Å²) < 4.78 is 0. The number of carbonyl (C=O) groups is 2. The number of aliphatic carboxylic acids is 1. The van der Waals surface area contributed by atoms with E-state index in [9.17, 15) is 9.59 Å². The lowest BCUT2D eigenvalue weighted by Gasteiger charge is -2.23. The average molecular weight is 263 g/mol. The van der Waals surface area contributed by atoms with Crippen molar-refractivity contribution in [3.05, 3.63) is 35.4 Å². The summed E-state index contributed by atoms with van der Waals surface area (Å²) in [7, 11) is 0. The number of rotatable bonds is 4. The van der Waals surface area contributed by atoms with Crippen molar-refractivity contribution in [2.45, 2.75) is 45.6 Å². The highest BCUT2D eigenvalue weighted by atomic mass is 16.4. The fourth-order valence-corrected chi connectivity index (χ4v) is 1.91. The van der Waals surface area contributed by atoms with Crippen LogP contribution in [0.25, 0.3) is 0 Å². The van der Waals surface area contributed by atoms with Crippen molar-refractivity contribution in [1.29, 1.82) is 0 Å². The van der Waals surface area contributed by atoms with Gasteiger partial charge in [-0.05, 0) is 23.5 Å². The largest absolute Gasteiger partial charge is 0.480 e. The summed E-state index contributed by atoms with van der Waals surface area (Å²) in [4.78, 5) is 23.2. The highest BCUT2D eigenvalue weighted by Gasteiger charge is 2.24. The molecular formula is C15H21NO3. The molecule has 0 saturated heterocycles. The van der Waals surface area contributed by atoms with E-state index in [1.807, 2.05) is 32.9 Å². The molecule has 0 aromatic heterocycles. The summed E-state index contributed by atoms with van der Waals surface area (Å²) in [6.45, 7) is 7.80. The van der Waals surface area contributed by atoms with Gasteiger partial charge in [-0.15, -0.1) is 0 Å². The smallest absolute Gasteiger partial charge is 0.326 e. The van der Waals surface area contributed by atoms with Crippen LogP contribution in [-0.4, -0.2) is 23.0 Å². The Labute approximate surface area is 113 Å². The highest BCUT2D eigenvalue weighted by Crippen LogP contribution is 2.25. The van der Waals surface area contributed by atoms with E-state index in [2.05, 4.69) is 5.32 Å². The van der Waals surface area contributed by atoms with Gasteiger partial charge in [-0.2, -0.15) is 0 Å². The van der Waals surface area contributed by atoms with Gasteiger partial charge in [0, 0.05) is 5.56 Å². The van der Waals surface area contributed by atoms with E-state index in [0.29, 0.717) is 12.0 Å². The quantitative estimate of drug-likeness (QED) is 0.877. The lowest BCUT2D eigenvalue weighted by atomic mass is 9.83. The number of benzene rings is 1. The van der Waals surface area contributed by atoms with Gasteiger partial charge in [0.05, 0.1) is 0 Å². The monoisotopic (exact) mass is 263 g/mol. The Hall–Kier alpha value is -1.84. The van der Waals surface area contributed by atoms with Crippen LogP contribution >= 0.6 is 0 Å². The van der Waals surface area contributed by atoms with Gasteiger partial charge in [0.1, 0.15) is 6.04 Å². The molecule has 0 fully saturated rings. The molecule has 1 aromatic carbocycles. The van der Waals surface area contributed by atoms with Gasteiger partial charge in [-0.1, -0.05) is 45.9 Å². The fraction of sp³-hybridized carbons (Fsp3) is 0.467. The van der Waals surface area contributed by atoms with E-state index in [0.717, 1.165) is 5.56 Å². The van der Waals surface area contributed by atoms with Crippen LogP contribution in [0.5, 0.6) is 0 Å². The molecule has 2 N–H and O–H groups in total. The van der Waals surface area contributed by atoms with Crippen LogP contribution in [0, 0.1) is 0 Å². The van der Waals surface area contributed by atoms with Crippen molar-refractivity contribution < 1.29 is 14.7 Å². The molecule has 104 valence electrons. The Kier molecular flexibility index (Phi) is 4.70. The van der Waals surface area contributed by atoms with Gasteiger partial charge in [-0.25, -0.2) is 4.79 Å². The van der Waals surface area contributed by atoms with Crippen LogP contribution in [0.2, 0.25) is 0 Å². The molecule has 0 aliphatic rings. The molecule has 1 amide bonds. The summed E-state index contributed by atoms with van der Waals surface area (Å²) in [5.74, 6) is -1.34. The number of amides is 1. The minimum Gasteiger partial charge on any atom is -0.480 e. The van der Waals surface area contributed by atoms with E-state index >= 15 is 0 Å². The zero-order valence-electron chi connectivity index (χ0n) is 11.9. The number of carboxylic acid groups (broad SMARTS) is 1. The third-order valence-electron chi connectivity index (χ3n) is 2.99. The molecule has 0 aliphatic carbocycles. The number of carbonyl (C=O) groups excluding carboxylic acids is 1. The lowest BCUT2D eigenvalue weighted by molar-refractivity contribution is -0.139. The van der Waals surface area contributed by atoms with E-state index in [-0.39, 0.29) is 11.3 Å². The van der Waals surface area contributed by atoms with Gasteiger partial charge in [0.25, 0.3) is 5.91 Å². The van der Waals surface area contributed by atoms with Gasteiger partial charge >= 0.3 is 5.97 Å². The van der Waals surface area contributed by atoms with E-state index in [4.69, 9.17) is 5.11 Å². The maximum atomic E-state index is 12.2. The molecule has 0 bridgehead atoms. The van der Waals surface area contributed by atoms with Crippen molar-refractivity contribution in [1.82, 2.24) is 5.32 Å². The average Bonchev–Trinajstić information content (AvgIpc) is 2.34. The maximum absolute atomic E-state index is 12.2. The summed E-state index contributed by atoms with van der Waals surface area (Å²) in [6, 6.07) is 6.44. The third kappa shape index (κ3) is 3.81. The van der Waals surface area contributed by atoms with Crippen molar-refractivity contribution in [2.24, 2.45) is 0 Å². The Morgan fingerprint density at radius 2 is 1.84 bits per heavy atom. The van der Waals surface area contributed by atoms with Crippen molar-refractivity contribution >= 4 is 11.9 Å². The molecule has 1 rings (SSSR count). The standard InChI is InChI=1S/C15H21NO3/c1-5-12(14(18)19)16-13(17)10-8-6-7-9-11(10)15(2,3)4/h6-9,12H,5H2,1-4H3,(H,16,17)(H,18,19). The summed E-state index contributed by atoms with van der Waals surface area (Å²) in [5.41, 5.74) is 1.28. The molecule has 1 atom stereocenters. The van der Waals surface area contributed by atoms with E-state index < -0.39 is 12.0 Å². The van der Waals surface area contributed by atoms with Gasteiger partial charge in [-0.3, -0.25) is 4.79 Å². The molecular weight excluding hydrogens is 242 g/mol. The zero-order chi connectivity index (χ0) is 14.6. The van der Waals surface area contributed by atoms with Crippen LogP contribution in [0.1, 0.15) is 50.0 Å². The van der Waals surface area contributed by atoms with Gasteiger partial charge in [0.15, 0.2) is 0 Å². The third-order valence-corrected chi connectivity index (χ3v) is 2.99. The Morgan fingerprint density at radius 1 is 1.26 bits per heavy atom. The maximum Gasteiger partial charge on any atom is 0.326 e. The minimum atomic E-state index is -1.01.